The molecule has 0 fully saturated rings. The van der Waals surface area contributed by atoms with Gasteiger partial charge in [0, 0.05) is 0 Å². The summed E-state index contributed by atoms with van der Waals surface area (Å²) in [6.45, 7) is 7.49. The van der Waals surface area contributed by atoms with E-state index in [-0.39, 0.29) is 0 Å². The molecule has 0 nitrogen and oxygen atoms in total. The summed E-state index contributed by atoms with van der Waals surface area (Å²) in [5.41, 5.74) is 0. The topological polar surface area (TPSA) is 0 Å². The molecular weight excluding hydrogens is 108 g/mol. The van der Waals surface area contributed by atoms with E-state index >= 15 is 0 Å². The summed E-state index contributed by atoms with van der Waals surface area (Å²) < 4.78 is 0. The molecule has 0 aliphatic rings. The first-order valence-electron chi connectivity index (χ1n) is 3.63. The van der Waals surface area contributed by atoms with E-state index in [1.54, 1.807) is 0 Å². The third-order valence-electron chi connectivity index (χ3n) is 1.15. The van der Waals surface area contributed by atoms with E-state index < -0.39 is 0 Å². The van der Waals surface area contributed by atoms with Crippen molar-refractivity contribution >= 4 is 0 Å². The first-order chi connectivity index (χ1) is 4.41. The maximum Gasteiger partial charge on any atom is -0.0383 e. The van der Waals surface area contributed by atoms with Gasteiger partial charge in [-0.1, -0.05) is 39.5 Å². The van der Waals surface area contributed by atoms with Crippen molar-refractivity contribution in [3.63, 3.8) is 0 Å². The Bertz CT molecular complexity index is 33.3. The van der Waals surface area contributed by atoms with Gasteiger partial charge in [0.15, 0.2) is 0 Å². The maximum atomic E-state index is 3.75. The van der Waals surface area contributed by atoms with Crippen LogP contribution in [0, 0.1) is 26.7 Å². The fourth-order valence-electron chi connectivity index (χ4n) is 0.642. The molecule has 0 saturated carbocycles. The van der Waals surface area contributed by atoms with Crippen LogP contribution in [-0.2, 0) is 0 Å². The van der Waals surface area contributed by atoms with E-state index in [9.17, 15) is 0 Å². The summed E-state index contributed by atoms with van der Waals surface area (Å²) in [6.07, 6.45) is 10.0. The molecule has 0 aliphatic heterocycles. The zero-order valence-corrected chi connectivity index (χ0v) is 6.10. The molecule has 9 heavy (non-hydrogen) atoms. The number of unbranched alkanes of at least 4 members (excludes halogenated alkanes) is 6. The molecule has 0 atom stereocenters. The first kappa shape index (κ1) is 9.00. The van der Waals surface area contributed by atoms with Crippen LogP contribution < -0.4 is 0 Å². The minimum atomic E-state index is 1.03. The van der Waals surface area contributed by atoms with Gasteiger partial charge in [0.25, 0.3) is 0 Å². The van der Waals surface area contributed by atoms with Crippen LogP contribution in [-0.4, -0.2) is 0 Å². The smallest absolute Gasteiger partial charge is 0.0383 e. The zero-order valence-electron chi connectivity index (χ0n) is 6.10. The Hall–Kier alpha value is 0. The Morgan fingerprint density at radius 1 is 0.889 bits per heavy atom. The number of hydrogen-bond acceptors (Lipinski definition) is 0. The Morgan fingerprint density at radius 2 is 1.33 bits per heavy atom. The second-order valence-electron chi connectivity index (χ2n) is 2.10. The second kappa shape index (κ2) is 8.00. The summed E-state index contributed by atoms with van der Waals surface area (Å²) in [6, 6.07) is 0. The largest absolute Gasteiger partial charge is 0.0533 e. The minimum absolute atomic E-state index is 1.03. The fraction of sp³-hybridized carbons (Fsp3) is 0.556. The molecule has 0 aromatic carbocycles. The molecule has 0 unspecified atom stereocenters. The van der Waals surface area contributed by atoms with Gasteiger partial charge in [-0.3, -0.25) is 0 Å². The van der Waals surface area contributed by atoms with Crippen molar-refractivity contribution < 1.29 is 0 Å². The van der Waals surface area contributed by atoms with Crippen molar-refractivity contribution in [2.75, 3.05) is 0 Å². The predicted octanol–water partition coefficient (Wildman–Crippen LogP) is 3.01. The van der Waals surface area contributed by atoms with Crippen molar-refractivity contribution in [2.45, 2.75) is 32.1 Å². The molecular formula is C9H16. The summed E-state index contributed by atoms with van der Waals surface area (Å²) >= 11 is 0. The van der Waals surface area contributed by atoms with Crippen LogP contribution in [0.1, 0.15) is 32.1 Å². The van der Waals surface area contributed by atoms with Crippen LogP contribution in [0.3, 0.4) is 0 Å². The first-order valence-corrected chi connectivity index (χ1v) is 3.63. The highest BCUT2D eigenvalue weighted by Gasteiger charge is 1.86. The standard InChI is InChI=1S/C9H16/c1-3-5-7-9-8-6-4-2/h7-8H,1-6,9H2. The average Bonchev–Trinajstić information content (AvgIpc) is 1.89. The number of rotatable bonds is 6. The van der Waals surface area contributed by atoms with E-state index in [1.807, 2.05) is 0 Å². The number of hydrogen-bond donors (Lipinski definition) is 0. The molecule has 0 saturated heterocycles. The molecule has 0 heteroatoms. The zero-order chi connectivity index (χ0) is 6.95. The Kier molecular flexibility index (Phi) is 8.00. The van der Waals surface area contributed by atoms with Gasteiger partial charge in [0.05, 0.1) is 0 Å². The van der Waals surface area contributed by atoms with Crippen LogP contribution in [0.2, 0.25) is 0 Å². The predicted molar refractivity (Wildman–Crippen MR) is 42.4 cm³/mol. The second-order valence-corrected chi connectivity index (χ2v) is 2.10. The third-order valence-corrected chi connectivity index (χ3v) is 1.15. The molecule has 0 heterocycles. The van der Waals surface area contributed by atoms with Gasteiger partial charge in [-0.2, -0.15) is 0 Å². The lowest BCUT2D eigenvalue weighted by Crippen LogP contribution is -1.78. The molecule has 0 aromatic heterocycles. The van der Waals surface area contributed by atoms with Crippen LogP contribution in [0.4, 0.5) is 0 Å². The Morgan fingerprint density at radius 3 is 1.67 bits per heavy atom. The van der Waals surface area contributed by atoms with Crippen LogP contribution in [0.15, 0.2) is 0 Å². The van der Waals surface area contributed by atoms with E-state index in [0.29, 0.717) is 0 Å². The van der Waals surface area contributed by atoms with Gasteiger partial charge >= 0.3 is 0 Å². The van der Waals surface area contributed by atoms with Crippen LogP contribution in [0.25, 0.3) is 0 Å². The molecule has 0 bridgehead atoms. The van der Waals surface area contributed by atoms with Crippen molar-refractivity contribution in [1.29, 1.82) is 0 Å². The molecule has 0 rings (SSSR count). The summed E-state index contributed by atoms with van der Waals surface area (Å²) in [7, 11) is 0. The summed E-state index contributed by atoms with van der Waals surface area (Å²) in [5, 5.41) is 0. The molecule has 0 aromatic rings. The maximum absolute atomic E-state index is 3.75. The van der Waals surface area contributed by atoms with E-state index in [0.717, 1.165) is 32.1 Å². The molecule has 0 spiro atoms. The van der Waals surface area contributed by atoms with Crippen molar-refractivity contribution in [3.05, 3.63) is 26.7 Å². The highest BCUT2D eigenvalue weighted by molar-refractivity contribution is 4.76. The lowest BCUT2D eigenvalue weighted by atomic mass is 10.1. The van der Waals surface area contributed by atoms with Crippen molar-refractivity contribution in [2.24, 2.45) is 0 Å². The van der Waals surface area contributed by atoms with Gasteiger partial charge in [0.2, 0.25) is 0 Å². The molecule has 0 aliphatic carbocycles. The van der Waals surface area contributed by atoms with Gasteiger partial charge in [-0.05, 0) is 19.3 Å². The van der Waals surface area contributed by atoms with E-state index in [1.165, 1.54) is 0 Å². The molecule has 52 valence electrons. The highest BCUT2D eigenvalue weighted by atomic mass is 13.9. The fourth-order valence-corrected chi connectivity index (χ4v) is 0.642. The monoisotopic (exact) mass is 124 g/mol. The molecule has 0 N–H and O–H groups in total. The third kappa shape index (κ3) is 8.00. The minimum Gasteiger partial charge on any atom is -0.0533 e. The summed E-state index contributed by atoms with van der Waals surface area (Å²) in [4.78, 5) is 0. The van der Waals surface area contributed by atoms with Gasteiger partial charge < -0.3 is 0 Å². The van der Waals surface area contributed by atoms with Gasteiger partial charge in [-0.25, -0.2) is 0 Å². The summed E-state index contributed by atoms with van der Waals surface area (Å²) in [5.74, 6) is 0. The van der Waals surface area contributed by atoms with Crippen LogP contribution >= 0.6 is 0 Å². The SMILES string of the molecule is [CH2]CC[CH]C[CH]CC[CH2]. The quantitative estimate of drug-likeness (QED) is 0.477. The van der Waals surface area contributed by atoms with Crippen LogP contribution in [0.5, 0.6) is 0 Å². The normalized spacial score (nSPS) is 10.0. The Labute approximate surface area is 59.7 Å². The average molecular weight is 124 g/mol. The lowest BCUT2D eigenvalue weighted by Gasteiger charge is -1.95. The lowest BCUT2D eigenvalue weighted by molar-refractivity contribution is 0.850. The van der Waals surface area contributed by atoms with Gasteiger partial charge in [-0.15, -0.1) is 0 Å². The highest BCUT2D eigenvalue weighted by Crippen LogP contribution is 2.03. The van der Waals surface area contributed by atoms with E-state index in [2.05, 4.69) is 26.7 Å². The van der Waals surface area contributed by atoms with E-state index in [4.69, 9.17) is 0 Å². The molecule has 0 amide bonds. The van der Waals surface area contributed by atoms with Crippen molar-refractivity contribution in [1.82, 2.24) is 0 Å². The van der Waals surface area contributed by atoms with Gasteiger partial charge in [0.1, 0.15) is 0 Å². The van der Waals surface area contributed by atoms with Crippen molar-refractivity contribution in [3.8, 4) is 0 Å². The Balaban J connectivity index is 2.60. The molecule has 4 radical (unpaired) electrons.